The molecule has 5 heteroatoms. The molecule has 0 bridgehead atoms. The van der Waals surface area contributed by atoms with Crippen LogP contribution in [-0.4, -0.2) is 24.0 Å². The summed E-state index contributed by atoms with van der Waals surface area (Å²) in [6.07, 6.45) is 0.654. The van der Waals surface area contributed by atoms with Crippen molar-refractivity contribution in [3.8, 4) is 0 Å². The Morgan fingerprint density at radius 3 is 1.77 bits per heavy atom. The molecule has 3 rings (SSSR count). The summed E-state index contributed by atoms with van der Waals surface area (Å²) < 4.78 is 0. The maximum absolute atomic E-state index is 12.6. The number of benzene rings is 3. The molecule has 0 unspecified atom stereocenters. The summed E-state index contributed by atoms with van der Waals surface area (Å²) in [5.41, 5.74) is 5.00. The molecule has 0 spiro atoms. The maximum atomic E-state index is 12.6. The highest BCUT2D eigenvalue weighted by atomic mass is 16.7. The van der Waals surface area contributed by atoms with Crippen molar-refractivity contribution >= 4 is 28.8 Å². The first kappa shape index (κ1) is 22.0. The predicted octanol–water partition coefficient (Wildman–Crippen LogP) is 5.75. The van der Waals surface area contributed by atoms with Crippen molar-refractivity contribution in [1.29, 1.82) is 0 Å². The molecular formula is C26H26N2O3. The monoisotopic (exact) mass is 414 g/mol. The second-order valence-corrected chi connectivity index (χ2v) is 7.01. The summed E-state index contributed by atoms with van der Waals surface area (Å²) in [4.78, 5) is 30.6. The molecule has 3 aromatic carbocycles. The highest BCUT2D eigenvalue weighted by Gasteiger charge is 2.12. The van der Waals surface area contributed by atoms with Gasteiger partial charge in [0.1, 0.15) is 0 Å². The van der Waals surface area contributed by atoms with Crippen LogP contribution in [0.1, 0.15) is 48.7 Å². The quantitative estimate of drug-likeness (QED) is 0.204. The Labute approximate surface area is 183 Å². The van der Waals surface area contributed by atoms with E-state index in [1.807, 2.05) is 85.8 Å². The minimum absolute atomic E-state index is 0.0127. The van der Waals surface area contributed by atoms with Gasteiger partial charge in [-0.1, -0.05) is 54.5 Å². The topological polar surface area (TPSA) is 59.0 Å². The second kappa shape index (κ2) is 10.3. The van der Waals surface area contributed by atoms with Gasteiger partial charge in [0, 0.05) is 36.0 Å². The lowest BCUT2D eigenvalue weighted by Crippen LogP contribution is -2.16. The van der Waals surface area contributed by atoms with Gasteiger partial charge >= 0.3 is 5.97 Å². The molecule has 0 aliphatic carbocycles. The molecule has 0 aliphatic rings. The third kappa shape index (κ3) is 5.45. The summed E-state index contributed by atoms with van der Waals surface area (Å²) in [7, 11) is 0. The van der Waals surface area contributed by atoms with Crippen molar-refractivity contribution in [2.75, 3.05) is 11.4 Å². The SMILES string of the molecule is CC/C(=N\OC(C)=O)c1ccc(N(CC)c2ccc(C(=O)c3ccccc3)cc2)cc1. The molecule has 0 aromatic heterocycles. The molecule has 0 fully saturated rings. The number of oxime groups is 1. The van der Waals surface area contributed by atoms with Crippen molar-refractivity contribution in [2.45, 2.75) is 27.2 Å². The lowest BCUT2D eigenvalue weighted by atomic mass is 10.0. The molecule has 5 nitrogen and oxygen atoms in total. The third-order valence-electron chi connectivity index (χ3n) is 4.92. The molecule has 0 saturated carbocycles. The second-order valence-electron chi connectivity index (χ2n) is 7.01. The number of carbonyl (C=O) groups excluding carboxylic acids is 2. The molecule has 3 aromatic rings. The lowest BCUT2D eigenvalue weighted by molar-refractivity contribution is -0.140. The van der Waals surface area contributed by atoms with Crippen LogP contribution in [0.3, 0.4) is 0 Å². The van der Waals surface area contributed by atoms with Gasteiger partial charge in [0.2, 0.25) is 0 Å². The zero-order valence-electron chi connectivity index (χ0n) is 18.0. The van der Waals surface area contributed by atoms with Gasteiger partial charge in [0.05, 0.1) is 5.71 Å². The number of hydrogen-bond acceptors (Lipinski definition) is 5. The molecule has 31 heavy (non-hydrogen) atoms. The van der Waals surface area contributed by atoms with Crippen molar-refractivity contribution in [3.63, 3.8) is 0 Å². The zero-order chi connectivity index (χ0) is 22.2. The molecular weight excluding hydrogens is 388 g/mol. The molecule has 0 radical (unpaired) electrons. The molecule has 0 atom stereocenters. The van der Waals surface area contributed by atoms with Crippen LogP contribution in [0.2, 0.25) is 0 Å². The fourth-order valence-electron chi connectivity index (χ4n) is 3.34. The third-order valence-corrected chi connectivity index (χ3v) is 4.92. The van der Waals surface area contributed by atoms with Gasteiger partial charge in [0.25, 0.3) is 0 Å². The van der Waals surface area contributed by atoms with Crippen LogP contribution in [-0.2, 0) is 9.63 Å². The predicted molar refractivity (Wildman–Crippen MR) is 124 cm³/mol. The van der Waals surface area contributed by atoms with E-state index < -0.39 is 5.97 Å². The van der Waals surface area contributed by atoms with E-state index >= 15 is 0 Å². The van der Waals surface area contributed by atoms with Crippen molar-refractivity contribution < 1.29 is 14.4 Å². The average molecular weight is 415 g/mol. The largest absolute Gasteiger partial charge is 0.342 e. The van der Waals surface area contributed by atoms with Crippen LogP contribution in [0.4, 0.5) is 11.4 Å². The first-order chi connectivity index (χ1) is 15.0. The van der Waals surface area contributed by atoms with Crippen LogP contribution in [0.15, 0.2) is 84.0 Å². The highest BCUT2D eigenvalue weighted by molar-refractivity contribution is 6.09. The molecule has 0 amide bonds. The van der Waals surface area contributed by atoms with E-state index in [0.29, 0.717) is 23.3 Å². The number of carbonyl (C=O) groups is 2. The Kier molecular flexibility index (Phi) is 7.33. The van der Waals surface area contributed by atoms with E-state index in [1.54, 1.807) is 0 Å². The number of ketones is 1. The van der Waals surface area contributed by atoms with Crippen molar-refractivity contribution in [2.24, 2.45) is 5.16 Å². The van der Waals surface area contributed by atoms with Crippen LogP contribution < -0.4 is 4.90 Å². The zero-order valence-corrected chi connectivity index (χ0v) is 18.0. The summed E-state index contributed by atoms with van der Waals surface area (Å²) >= 11 is 0. The minimum atomic E-state index is -0.436. The average Bonchev–Trinajstić information content (AvgIpc) is 2.81. The minimum Gasteiger partial charge on any atom is -0.342 e. The van der Waals surface area contributed by atoms with Gasteiger partial charge in [-0.3, -0.25) is 4.79 Å². The Balaban J connectivity index is 1.79. The molecule has 0 heterocycles. The number of hydrogen-bond donors (Lipinski definition) is 0. The van der Waals surface area contributed by atoms with Crippen LogP contribution in [0, 0.1) is 0 Å². The van der Waals surface area contributed by atoms with Gasteiger partial charge in [-0.25, -0.2) is 4.79 Å². The molecule has 158 valence electrons. The summed E-state index contributed by atoms with van der Waals surface area (Å²) in [6.45, 7) is 6.15. The van der Waals surface area contributed by atoms with Gasteiger partial charge in [-0.2, -0.15) is 0 Å². The van der Waals surface area contributed by atoms with Gasteiger partial charge < -0.3 is 9.74 Å². The number of rotatable bonds is 8. The Hall–Kier alpha value is -3.73. The van der Waals surface area contributed by atoms with Crippen LogP contribution in [0.25, 0.3) is 0 Å². The Morgan fingerprint density at radius 1 is 0.774 bits per heavy atom. The van der Waals surface area contributed by atoms with E-state index in [9.17, 15) is 9.59 Å². The summed E-state index contributed by atoms with van der Waals surface area (Å²) in [6, 6.07) is 24.9. The molecule has 0 saturated heterocycles. The van der Waals surface area contributed by atoms with E-state index in [0.717, 1.165) is 23.5 Å². The van der Waals surface area contributed by atoms with Gasteiger partial charge in [0.15, 0.2) is 5.78 Å². The Morgan fingerprint density at radius 2 is 1.29 bits per heavy atom. The summed E-state index contributed by atoms with van der Waals surface area (Å²) in [5.74, 6) is -0.423. The standard InChI is InChI=1S/C26H26N2O3/c1-4-25(27-31-19(3)29)20-11-15-23(16-12-20)28(5-2)24-17-13-22(14-18-24)26(30)21-9-7-6-8-10-21/h6-18H,4-5H2,1-3H3/b27-25+. The lowest BCUT2D eigenvalue weighted by Gasteiger charge is -2.24. The van der Waals surface area contributed by atoms with E-state index in [2.05, 4.69) is 17.0 Å². The van der Waals surface area contributed by atoms with E-state index in [4.69, 9.17) is 4.84 Å². The summed E-state index contributed by atoms with van der Waals surface area (Å²) in [5, 5.41) is 3.94. The first-order valence-corrected chi connectivity index (χ1v) is 10.4. The Bertz CT molecular complexity index is 1060. The van der Waals surface area contributed by atoms with E-state index in [-0.39, 0.29) is 5.78 Å². The highest BCUT2D eigenvalue weighted by Crippen LogP contribution is 2.26. The van der Waals surface area contributed by atoms with Gasteiger partial charge in [-0.15, -0.1) is 0 Å². The maximum Gasteiger partial charge on any atom is 0.331 e. The van der Waals surface area contributed by atoms with Crippen molar-refractivity contribution in [1.82, 2.24) is 0 Å². The van der Waals surface area contributed by atoms with Gasteiger partial charge in [-0.05, 0) is 55.3 Å². The van der Waals surface area contributed by atoms with Crippen LogP contribution >= 0.6 is 0 Å². The van der Waals surface area contributed by atoms with Crippen LogP contribution in [0.5, 0.6) is 0 Å². The first-order valence-electron chi connectivity index (χ1n) is 10.4. The molecule has 0 aliphatic heterocycles. The van der Waals surface area contributed by atoms with E-state index in [1.165, 1.54) is 6.92 Å². The molecule has 0 N–H and O–H groups in total. The normalized spacial score (nSPS) is 11.1. The number of nitrogens with zero attached hydrogens (tertiary/aromatic N) is 2. The van der Waals surface area contributed by atoms with Crippen molar-refractivity contribution in [3.05, 3.63) is 95.6 Å². The fourth-order valence-corrected chi connectivity index (χ4v) is 3.34. The smallest absolute Gasteiger partial charge is 0.331 e. The number of anilines is 2. The fraction of sp³-hybridized carbons (Fsp3) is 0.192.